The summed E-state index contributed by atoms with van der Waals surface area (Å²) < 4.78 is 0. The maximum atomic E-state index is 12.5. The lowest BCUT2D eigenvalue weighted by Crippen LogP contribution is -2.60. The van der Waals surface area contributed by atoms with Crippen LogP contribution in [0.3, 0.4) is 0 Å². The number of nitrogens with one attached hydrogen (secondary N) is 6. The smallest absolute Gasteiger partial charge is 0.311 e. The van der Waals surface area contributed by atoms with Crippen molar-refractivity contribution < 1.29 is 14.4 Å². The molecule has 2 fully saturated rings. The van der Waals surface area contributed by atoms with Crippen LogP contribution in [0.25, 0.3) is 0 Å². The highest BCUT2D eigenvalue weighted by molar-refractivity contribution is 5.83. The van der Waals surface area contributed by atoms with E-state index in [1.165, 1.54) is 0 Å². The molecule has 0 aromatic rings. The number of nitrogens with zero attached hydrogens (tertiary/aromatic N) is 4. The molecule has 0 heterocycles. The number of hydrazine groups is 2. The van der Waals surface area contributed by atoms with Crippen LogP contribution < -0.4 is 32.3 Å². The van der Waals surface area contributed by atoms with Crippen LogP contribution in [0.4, 0.5) is 14.4 Å². The molecule has 2 aliphatic rings. The molecule has 0 bridgehead atoms. The van der Waals surface area contributed by atoms with E-state index in [4.69, 9.17) is 0 Å². The Labute approximate surface area is 213 Å². The number of urea groups is 3. The van der Waals surface area contributed by atoms with Gasteiger partial charge >= 0.3 is 18.1 Å². The van der Waals surface area contributed by atoms with E-state index in [-0.39, 0.29) is 11.1 Å². The van der Waals surface area contributed by atoms with Crippen molar-refractivity contribution in [3.63, 3.8) is 0 Å². The third-order valence-corrected chi connectivity index (χ3v) is 5.72. The van der Waals surface area contributed by atoms with Gasteiger partial charge < -0.3 is 10.6 Å². The Hall–Kier alpha value is -2.99. The molecule has 204 valence electrons. The van der Waals surface area contributed by atoms with Crippen molar-refractivity contribution in [3.05, 3.63) is 0 Å². The highest BCUT2D eigenvalue weighted by atomic mass is 16.2. The van der Waals surface area contributed by atoms with E-state index in [0.29, 0.717) is 25.7 Å². The lowest BCUT2D eigenvalue weighted by atomic mass is 9.89. The third-order valence-electron chi connectivity index (χ3n) is 5.72. The SMILES string of the molecule is CC(C)(C)/N=N/C1(NC(=O)NNC(=O)NNC(=O)NC2(/N=N/C(C)(C)C)CCCCC2)CCCCC1. The zero-order valence-corrected chi connectivity index (χ0v) is 22.6. The molecule has 0 unspecified atom stereocenters. The number of carbonyl (C=O) groups is 3. The normalized spacial score (nSPS) is 19.9. The van der Waals surface area contributed by atoms with Crippen molar-refractivity contribution in [1.29, 1.82) is 0 Å². The van der Waals surface area contributed by atoms with E-state index in [2.05, 4.69) is 52.8 Å². The molecule has 6 N–H and O–H groups in total. The van der Waals surface area contributed by atoms with Crippen molar-refractivity contribution in [2.45, 2.75) is 128 Å². The molecule has 2 aliphatic carbocycles. The van der Waals surface area contributed by atoms with Gasteiger partial charge in [0.2, 0.25) is 0 Å². The van der Waals surface area contributed by atoms with Gasteiger partial charge in [-0.05, 0) is 92.9 Å². The van der Waals surface area contributed by atoms with Crippen LogP contribution in [0.1, 0.15) is 106 Å². The summed E-state index contributed by atoms with van der Waals surface area (Å²) in [5, 5.41) is 23.3. The van der Waals surface area contributed by atoms with Crippen LogP contribution in [0.2, 0.25) is 0 Å². The summed E-state index contributed by atoms with van der Waals surface area (Å²) in [5.74, 6) is 0. The lowest BCUT2D eigenvalue weighted by molar-refractivity contribution is 0.189. The fraction of sp³-hybridized carbons (Fsp3) is 0.870. The second-order valence-corrected chi connectivity index (χ2v) is 11.7. The Bertz CT molecular complexity index is 751. The molecule has 13 heteroatoms. The summed E-state index contributed by atoms with van der Waals surface area (Å²) in [5.41, 5.74) is 6.64. The van der Waals surface area contributed by atoms with E-state index in [1.807, 2.05) is 41.5 Å². The summed E-state index contributed by atoms with van der Waals surface area (Å²) in [6.45, 7) is 11.6. The predicted molar refractivity (Wildman–Crippen MR) is 136 cm³/mol. The molecule has 0 saturated heterocycles. The van der Waals surface area contributed by atoms with E-state index in [1.54, 1.807) is 0 Å². The molecule has 2 saturated carbocycles. The molecular formula is C23H44N10O3. The largest absolute Gasteiger partial charge is 0.352 e. The zero-order chi connectivity index (χ0) is 26.9. The first-order valence-corrected chi connectivity index (χ1v) is 12.8. The van der Waals surface area contributed by atoms with Crippen molar-refractivity contribution in [2.75, 3.05) is 0 Å². The number of azo groups is 2. The first kappa shape index (κ1) is 29.2. The van der Waals surface area contributed by atoms with Gasteiger partial charge in [0.15, 0.2) is 11.3 Å². The van der Waals surface area contributed by atoms with Crippen LogP contribution in [0.5, 0.6) is 0 Å². The van der Waals surface area contributed by atoms with Crippen LogP contribution in [-0.2, 0) is 0 Å². The predicted octanol–water partition coefficient (Wildman–Crippen LogP) is 4.54. The molecule has 2 rings (SSSR count). The van der Waals surface area contributed by atoms with Gasteiger partial charge in [-0.1, -0.05) is 12.8 Å². The quantitative estimate of drug-likeness (QED) is 0.242. The zero-order valence-electron chi connectivity index (χ0n) is 22.6. The van der Waals surface area contributed by atoms with E-state index < -0.39 is 29.4 Å². The van der Waals surface area contributed by atoms with Gasteiger partial charge in [0.25, 0.3) is 0 Å². The van der Waals surface area contributed by atoms with Gasteiger partial charge in [0, 0.05) is 0 Å². The minimum Gasteiger partial charge on any atom is -0.311 e. The second-order valence-electron chi connectivity index (χ2n) is 11.7. The van der Waals surface area contributed by atoms with Crippen molar-refractivity contribution in [2.24, 2.45) is 20.5 Å². The summed E-state index contributed by atoms with van der Waals surface area (Å²) in [7, 11) is 0. The number of rotatable bonds is 4. The Morgan fingerprint density at radius 2 is 0.833 bits per heavy atom. The van der Waals surface area contributed by atoms with Gasteiger partial charge in [-0.3, -0.25) is 0 Å². The van der Waals surface area contributed by atoms with Gasteiger partial charge in [-0.2, -0.15) is 20.5 Å². The average Bonchev–Trinajstić information content (AvgIpc) is 2.79. The first-order valence-electron chi connectivity index (χ1n) is 12.8. The molecule has 13 nitrogen and oxygen atoms in total. The highest BCUT2D eigenvalue weighted by Crippen LogP contribution is 2.31. The summed E-state index contributed by atoms with van der Waals surface area (Å²) in [4.78, 5) is 37.0. The van der Waals surface area contributed by atoms with Crippen LogP contribution >= 0.6 is 0 Å². The highest BCUT2D eigenvalue weighted by Gasteiger charge is 2.35. The van der Waals surface area contributed by atoms with Crippen LogP contribution in [0, 0.1) is 0 Å². The van der Waals surface area contributed by atoms with Crippen molar-refractivity contribution >= 4 is 18.1 Å². The maximum Gasteiger partial charge on any atom is 0.352 e. The average molecular weight is 509 g/mol. The van der Waals surface area contributed by atoms with Crippen molar-refractivity contribution in [1.82, 2.24) is 32.3 Å². The van der Waals surface area contributed by atoms with E-state index in [9.17, 15) is 14.4 Å². The summed E-state index contributed by atoms with van der Waals surface area (Å²) >= 11 is 0. The summed E-state index contributed by atoms with van der Waals surface area (Å²) in [6.07, 6.45) is 8.52. The maximum absolute atomic E-state index is 12.5. The van der Waals surface area contributed by atoms with Crippen molar-refractivity contribution in [3.8, 4) is 0 Å². The first-order chi connectivity index (χ1) is 16.7. The lowest BCUT2D eigenvalue weighted by Gasteiger charge is -2.34. The Morgan fingerprint density at radius 1 is 0.528 bits per heavy atom. The molecule has 0 aromatic carbocycles. The second kappa shape index (κ2) is 12.3. The fourth-order valence-corrected chi connectivity index (χ4v) is 4.01. The van der Waals surface area contributed by atoms with Gasteiger partial charge in [0.05, 0.1) is 11.1 Å². The topological polar surface area (TPSA) is 173 Å². The van der Waals surface area contributed by atoms with Crippen LogP contribution in [-0.4, -0.2) is 40.5 Å². The molecule has 36 heavy (non-hydrogen) atoms. The number of amides is 6. The summed E-state index contributed by atoms with van der Waals surface area (Å²) in [6, 6.07) is -2.05. The number of hydrogen-bond donors (Lipinski definition) is 6. The Kier molecular flexibility index (Phi) is 10.00. The van der Waals surface area contributed by atoms with E-state index >= 15 is 0 Å². The molecule has 0 atom stereocenters. The van der Waals surface area contributed by atoms with Gasteiger partial charge in [-0.15, -0.1) is 0 Å². The van der Waals surface area contributed by atoms with Gasteiger partial charge in [-0.25, -0.2) is 36.1 Å². The van der Waals surface area contributed by atoms with Gasteiger partial charge in [0.1, 0.15) is 0 Å². The molecule has 0 radical (unpaired) electrons. The Morgan fingerprint density at radius 3 is 1.14 bits per heavy atom. The number of carbonyl (C=O) groups excluding carboxylic acids is 3. The monoisotopic (exact) mass is 508 g/mol. The minimum absolute atomic E-state index is 0.364. The molecule has 0 aromatic heterocycles. The minimum atomic E-state index is -0.816. The van der Waals surface area contributed by atoms with Crippen LogP contribution in [0.15, 0.2) is 20.5 Å². The molecule has 6 amide bonds. The molecule has 0 spiro atoms. The standard InChI is InChI=1S/C23H44N10O3/c1-20(2,3)30-32-22(13-9-7-10-14-22)24-17(34)26-28-19(36)29-27-18(35)25-23(15-11-8-12-16-23)33-31-21(4,5)6/h7-16H2,1-6H3,(H2,24,26,34)(H2,25,27,35)(H2,28,29,36)/b32-30+,33-31+. The Balaban J connectivity index is 1.83. The fourth-order valence-electron chi connectivity index (χ4n) is 4.01. The third kappa shape index (κ3) is 10.7. The van der Waals surface area contributed by atoms with E-state index in [0.717, 1.165) is 38.5 Å². The molecule has 0 aliphatic heterocycles. The molecular weight excluding hydrogens is 464 g/mol. The number of hydrogen-bond acceptors (Lipinski definition) is 7.